The molecule has 0 unspecified atom stereocenters. The van der Waals surface area contributed by atoms with Crippen LogP contribution < -0.4 is 19.5 Å². The third-order valence-electron chi connectivity index (χ3n) is 4.67. The number of nitrogens with one attached hydrogen (secondary N) is 2. The Morgan fingerprint density at radius 2 is 1.77 bits per heavy atom. The number of aromatic hydroxyl groups is 1. The third kappa shape index (κ3) is 5.03. The fraction of sp³-hybridized carbons (Fsp3) is 0.381. The summed E-state index contributed by atoms with van der Waals surface area (Å²) in [7, 11) is -4.01. The number of phenols is 1. The molecule has 0 fully saturated rings. The smallest absolute Gasteiger partial charge is 0.242 e. The van der Waals surface area contributed by atoms with Gasteiger partial charge in [-0.2, -0.15) is 4.72 Å². The Morgan fingerprint density at radius 1 is 1.07 bits per heavy atom. The molecule has 8 nitrogen and oxygen atoms in total. The Kier molecular flexibility index (Phi) is 6.52. The van der Waals surface area contributed by atoms with Crippen molar-refractivity contribution in [3.05, 3.63) is 42.0 Å². The predicted molar refractivity (Wildman–Crippen MR) is 112 cm³/mol. The molecule has 30 heavy (non-hydrogen) atoms. The van der Waals surface area contributed by atoms with E-state index in [1.165, 1.54) is 18.2 Å². The number of anilines is 1. The van der Waals surface area contributed by atoms with E-state index in [2.05, 4.69) is 10.0 Å². The molecule has 1 heterocycles. The lowest BCUT2D eigenvalue weighted by Gasteiger charge is -2.22. The maximum absolute atomic E-state index is 13.0. The lowest BCUT2D eigenvalue weighted by molar-refractivity contribution is -0.118. The fourth-order valence-corrected chi connectivity index (χ4v) is 4.36. The highest BCUT2D eigenvalue weighted by Gasteiger charge is 2.29. The second-order valence-electron chi connectivity index (χ2n) is 7.51. The summed E-state index contributed by atoms with van der Waals surface area (Å²) in [6.07, 6.45) is 0.705. The van der Waals surface area contributed by atoms with Gasteiger partial charge in [-0.05, 0) is 42.7 Å². The number of carbonyl (C=O) groups excluding carboxylic acids is 1. The number of amides is 1. The number of benzene rings is 2. The summed E-state index contributed by atoms with van der Waals surface area (Å²) in [4.78, 5) is 12.8. The van der Waals surface area contributed by atoms with Crippen LogP contribution in [0.4, 0.5) is 5.69 Å². The summed E-state index contributed by atoms with van der Waals surface area (Å²) >= 11 is 0. The molecule has 0 aromatic heterocycles. The number of sulfonamides is 1. The molecule has 0 bridgehead atoms. The molecule has 0 aliphatic carbocycles. The van der Waals surface area contributed by atoms with E-state index >= 15 is 0 Å². The highest BCUT2D eigenvalue weighted by molar-refractivity contribution is 7.89. The average molecular weight is 435 g/mol. The van der Waals surface area contributed by atoms with Gasteiger partial charge in [-0.1, -0.05) is 19.9 Å². The Labute approximate surface area is 176 Å². The van der Waals surface area contributed by atoms with E-state index in [0.29, 0.717) is 31.1 Å². The van der Waals surface area contributed by atoms with Gasteiger partial charge in [0.25, 0.3) is 0 Å². The van der Waals surface area contributed by atoms with E-state index in [9.17, 15) is 18.3 Å². The van der Waals surface area contributed by atoms with E-state index in [4.69, 9.17) is 9.47 Å². The van der Waals surface area contributed by atoms with E-state index in [1.807, 2.05) is 6.92 Å². The van der Waals surface area contributed by atoms with Crippen molar-refractivity contribution in [2.45, 2.75) is 38.1 Å². The average Bonchev–Trinajstić information content (AvgIpc) is 2.93. The molecule has 9 heteroatoms. The molecule has 0 spiro atoms. The second kappa shape index (κ2) is 8.93. The van der Waals surface area contributed by atoms with Crippen molar-refractivity contribution in [1.82, 2.24) is 4.72 Å². The van der Waals surface area contributed by atoms with Gasteiger partial charge >= 0.3 is 0 Å². The summed E-state index contributed by atoms with van der Waals surface area (Å²) in [5.74, 6) is -0.156. The molecule has 3 rings (SSSR count). The molecule has 162 valence electrons. The number of phenolic OH excluding ortho intramolecular Hbond substituents is 1. The minimum absolute atomic E-state index is 0.0246. The number of aryl methyl sites for hydroxylation is 1. The molecule has 1 atom stereocenters. The van der Waals surface area contributed by atoms with Gasteiger partial charge in [-0.3, -0.25) is 4.79 Å². The van der Waals surface area contributed by atoms with Crippen LogP contribution in [0.15, 0.2) is 41.3 Å². The lowest BCUT2D eigenvalue weighted by Crippen LogP contribution is -2.47. The third-order valence-corrected chi connectivity index (χ3v) is 6.11. The summed E-state index contributed by atoms with van der Waals surface area (Å²) in [5, 5.41) is 12.6. The summed E-state index contributed by atoms with van der Waals surface area (Å²) in [5.41, 5.74) is 1.05. The molecular weight excluding hydrogens is 408 g/mol. The topological polar surface area (TPSA) is 114 Å². The maximum Gasteiger partial charge on any atom is 0.242 e. The van der Waals surface area contributed by atoms with Crippen LogP contribution in [-0.2, 0) is 14.8 Å². The number of hydrogen-bond donors (Lipinski definition) is 3. The summed E-state index contributed by atoms with van der Waals surface area (Å²) in [6, 6.07) is 8.12. The number of fused-ring (bicyclic) bond motifs is 1. The van der Waals surface area contributed by atoms with Crippen LogP contribution in [0.1, 0.15) is 25.8 Å². The first kappa shape index (κ1) is 21.9. The number of rotatable bonds is 6. The first-order valence-electron chi connectivity index (χ1n) is 9.70. The quantitative estimate of drug-likeness (QED) is 0.603. The van der Waals surface area contributed by atoms with E-state index < -0.39 is 22.0 Å². The summed E-state index contributed by atoms with van der Waals surface area (Å²) in [6.45, 7) is 6.21. The first-order valence-corrected chi connectivity index (χ1v) is 11.2. The van der Waals surface area contributed by atoms with Crippen molar-refractivity contribution in [3.63, 3.8) is 0 Å². The maximum atomic E-state index is 13.0. The number of ether oxygens (including phenoxy) is 2. The van der Waals surface area contributed by atoms with Gasteiger partial charge in [0, 0.05) is 12.5 Å². The van der Waals surface area contributed by atoms with Gasteiger partial charge in [0.15, 0.2) is 11.5 Å². The van der Waals surface area contributed by atoms with Gasteiger partial charge in [-0.15, -0.1) is 0 Å². The molecule has 1 amide bonds. The van der Waals surface area contributed by atoms with Crippen molar-refractivity contribution < 1.29 is 27.8 Å². The molecule has 1 aliphatic heterocycles. The molecule has 0 radical (unpaired) electrons. The number of carbonyl (C=O) groups is 1. The molecule has 0 saturated carbocycles. The molecular formula is C21H26N2O6S. The van der Waals surface area contributed by atoms with Gasteiger partial charge in [0.1, 0.15) is 11.8 Å². The fourth-order valence-electron chi connectivity index (χ4n) is 3.00. The van der Waals surface area contributed by atoms with Crippen LogP contribution in [0, 0.1) is 12.8 Å². The number of hydrogen-bond acceptors (Lipinski definition) is 6. The van der Waals surface area contributed by atoms with Gasteiger partial charge in [0.05, 0.1) is 23.8 Å². The van der Waals surface area contributed by atoms with Gasteiger partial charge < -0.3 is 19.9 Å². The Bertz CT molecular complexity index is 1040. The van der Waals surface area contributed by atoms with Crippen LogP contribution in [0.2, 0.25) is 0 Å². The van der Waals surface area contributed by atoms with Crippen LogP contribution in [0.3, 0.4) is 0 Å². The van der Waals surface area contributed by atoms with E-state index in [1.54, 1.807) is 32.0 Å². The molecule has 3 N–H and O–H groups in total. The standard InChI is InChI=1S/C21H26N2O6S/c1-13(2)20(21(25)22-16-7-5-14(3)11-17(16)24)23-30(26,27)15-6-8-18-19(12-15)29-10-4-9-28-18/h5-8,11-13,20,23-24H,4,9-10H2,1-3H3,(H,22,25)/t20-/m1/s1. The van der Waals surface area contributed by atoms with E-state index in [0.717, 1.165) is 5.56 Å². The largest absolute Gasteiger partial charge is 0.506 e. The first-order chi connectivity index (χ1) is 14.2. The van der Waals surface area contributed by atoms with Crippen LogP contribution in [0.25, 0.3) is 0 Å². The SMILES string of the molecule is Cc1ccc(NC(=O)[C@H](NS(=O)(=O)c2ccc3c(c2)OCCCO3)C(C)C)c(O)c1. The van der Waals surface area contributed by atoms with Gasteiger partial charge in [-0.25, -0.2) is 8.42 Å². The molecule has 0 saturated heterocycles. The normalized spacial score (nSPS) is 14.8. The monoisotopic (exact) mass is 434 g/mol. The van der Waals surface area contributed by atoms with E-state index in [-0.39, 0.29) is 22.3 Å². The zero-order valence-electron chi connectivity index (χ0n) is 17.1. The zero-order valence-corrected chi connectivity index (χ0v) is 18.0. The van der Waals surface area contributed by atoms with Crippen molar-refractivity contribution in [2.75, 3.05) is 18.5 Å². The molecule has 2 aromatic carbocycles. The summed E-state index contributed by atoms with van der Waals surface area (Å²) < 4.78 is 39.5. The second-order valence-corrected chi connectivity index (χ2v) is 9.23. The highest BCUT2D eigenvalue weighted by Crippen LogP contribution is 2.32. The Balaban J connectivity index is 1.81. The highest BCUT2D eigenvalue weighted by atomic mass is 32.2. The lowest BCUT2D eigenvalue weighted by atomic mass is 10.0. The molecule has 2 aromatic rings. The Morgan fingerprint density at radius 3 is 2.43 bits per heavy atom. The van der Waals surface area contributed by atoms with Crippen LogP contribution in [-0.4, -0.2) is 38.7 Å². The van der Waals surface area contributed by atoms with Gasteiger partial charge in [0.2, 0.25) is 15.9 Å². The van der Waals surface area contributed by atoms with Crippen LogP contribution >= 0.6 is 0 Å². The van der Waals surface area contributed by atoms with Crippen molar-refractivity contribution in [1.29, 1.82) is 0 Å². The molecule has 1 aliphatic rings. The zero-order chi connectivity index (χ0) is 21.9. The minimum atomic E-state index is -4.01. The van der Waals surface area contributed by atoms with Crippen molar-refractivity contribution >= 4 is 21.6 Å². The Hall–Kier alpha value is -2.78. The van der Waals surface area contributed by atoms with Crippen LogP contribution in [0.5, 0.6) is 17.2 Å². The van der Waals surface area contributed by atoms with Crippen molar-refractivity contribution in [2.24, 2.45) is 5.92 Å². The predicted octanol–water partition coefficient (Wildman–Crippen LogP) is 2.80. The minimum Gasteiger partial charge on any atom is -0.506 e. The van der Waals surface area contributed by atoms with Crippen molar-refractivity contribution in [3.8, 4) is 17.2 Å².